The van der Waals surface area contributed by atoms with Crippen molar-refractivity contribution in [3.8, 4) is 11.4 Å². The molecule has 5 rings (SSSR count). The van der Waals surface area contributed by atoms with Crippen LogP contribution in [0.2, 0.25) is 0 Å². The van der Waals surface area contributed by atoms with E-state index in [0.29, 0.717) is 30.2 Å². The zero-order chi connectivity index (χ0) is 22.6. The van der Waals surface area contributed by atoms with E-state index in [2.05, 4.69) is 30.7 Å². The Balaban J connectivity index is 1.16. The molecule has 4 heterocycles. The molecule has 33 heavy (non-hydrogen) atoms. The third-order valence-electron chi connectivity index (χ3n) is 5.42. The molecule has 0 atom stereocenters. The zero-order valence-electron chi connectivity index (χ0n) is 17.5. The molecule has 12 heteroatoms. The Morgan fingerprint density at radius 1 is 1.18 bits per heavy atom. The summed E-state index contributed by atoms with van der Waals surface area (Å²) in [6, 6.07) is 9.86. The first-order valence-electron chi connectivity index (χ1n) is 10.4. The van der Waals surface area contributed by atoms with Gasteiger partial charge < -0.3 is 9.64 Å². The largest absolute Gasteiger partial charge is 0.484 e. The number of ether oxygens (including phenoxy) is 1. The SMILES string of the molecule is O=C(c1ccccn1)N1CCC(n2ncc(COc3ccc(-n4cnnn4)cc3F)n2)CC1. The Kier molecular flexibility index (Phi) is 5.70. The molecule has 3 aromatic heterocycles. The monoisotopic (exact) mass is 449 g/mol. The smallest absolute Gasteiger partial charge is 0.272 e. The molecule has 0 bridgehead atoms. The van der Waals surface area contributed by atoms with E-state index in [0.717, 1.165) is 12.8 Å². The normalized spacial score (nSPS) is 14.4. The molecule has 11 nitrogen and oxygen atoms in total. The molecule has 4 aromatic rings. The molecule has 1 aromatic carbocycles. The zero-order valence-corrected chi connectivity index (χ0v) is 17.5. The fourth-order valence-corrected chi connectivity index (χ4v) is 3.68. The number of amides is 1. The molecule has 0 spiro atoms. The highest BCUT2D eigenvalue weighted by Crippen LogP contribution is 2.23. The van der Waals surface area contributed by atoms with Crippen LogP contribution in [0.25, 0.3) is 5.69 Å². The van der Waals surface area contributed by atoms with Crippen molar-refractivity contribution in [2.24, 2.45) is 0 Å². The van der Waals surface area contributed by atoms with Gasteiger partial charge in [-0.15, -0.1) is 5.10 Å². The van der Waals surface area contributed by atoms with Crippen molar-refractivity contribution in [1.29, 1.82) is 0 Å². The van der Waals surface area contributed by atoms with E-state index in [1.165, 1.54) is 23.1 Å². The number of carbonyl (C=O) groups excluding carboxylic acids is 1. The number of benzene rings is 1. The fraction of sp³-hybridized carbons (Fsp3) is 0.286. The topological polar surface area (TPSA) is 117 Å². The van der Waals surface area contributed by atoms with Gasteiger partial charge in [0.2, 0.25) is 0 Å². The number of rotatable bonds is 6. The lowest BCUT2D eigenvalue weighted by Gasteiger charge is -2.31. The van der Waals surface area contributed by atoms with Gasteiger partial charge in [-0.2, -0.15) is 15.0 Å². The molecule has 0 radical (unpaired) electrons. The highest BCUT2D eigenvalue weighted by atomic mass is 19.1. The highest BCUT2D eigenvalue weighted by Gasteiger charge is 2.26. The van der Waals surface area contributed by atoms with Crippen LogP contribution in [0.15, 0.2) is 55.1 Å². The fourth-order valence-electron chi connectivity index (χ4n) is 3.68. The van der Waals surface area contributed by atoms with Crippen molar-refractivity contribution in [3.63, 3.8) is 0 Å². The van der Waals surface area contributed by atoms with Gasteiger partial charge in [-0.1, -0.05) is 6.07 Å². The van der Waals surface area contributed by atoms with E-state index in [1.54, 1.807) is 46.4 Å². The van der Waals surface area contributed by atoms with Gasteiger partial charge in [0.15, 0.2) is 11.6 Å². The summed E-state index contributed by atoms with van der Waals surface area (Å²) < 4.78 is 21.3. The molecule has 1 fully saturated rings. The minimum atomic E-state index is -0.527. The maximum Gasteiger partial charge on any atom is 0.272 e. The van der Waals surface area contributed by atoms with Crippen LogP contribution in [-0.4, -0.2) is 64.1 Å². The van der Waals surface area contributed by atoms with Gasteiger partial charge in [-0.25, -0.2) is 9.07 Å². The number of carbonyl (C=O) groups is 1. The Morgan fingerprint density at radius 3 is 2.79 bits per heavy atom. The maximum atomic E-state index is 14.4. The quantitative estimate of drug-likeness (QED) is 0.438. The number of hydrogen-bond acceptors (Lipinski definition) is 8. The second-order valence-electron chi connectivity index (χ2n) is 7.55. The van der Waals surface area contributed by atoms with Crippen molar-refractivity contribution in [1.82, 2.24) is 45.1 Å². The van der Waals surface area contributed by atoms with Crippen molar-refractivity contribution in [3.05, 3.63) is 72.3 Å². The first-order chi connectivity index (χ1) is 16.2. The van der Waals surface area contributed by atoms with Gasteiger partial charge in [0, 0.05) is 25.4 Å². The molecule has 1 saturated heterocycles. The number of pyridine rings is 1. The summed E-state index contributed by atoms with van der Waals surface area (Å²) in [6.45, 7) is 1.29. The Bertz CT molecular complexity index is 1220. The van der Waals surface area contributed by atoms with Crippen LogP contribution in [0.1, 0.15) is 35.1 Å². The third kappa shape index (κ3) is 4.54. The second-order valence-corrected chi connectivity index (χ2v) is 7.55. The minimum absolute atomic E-state index is 0.0651. The number of nitrogens with zero attached hydrogens (tertiary/aromatic N) is 9. The highest BCUT2D eigenvalue weighted by molar-refractivity contribution is 5.92. The molecule has 0 aliphatic carbocycles. The van der Waals surface area contributed by atoms with E-state index in [4.69, 9.17) is 4.74 Å². The van der Waals surface area contributed by atoms with Gasteiger partial charge in [-0.05, 0) is 47.5 Å². The van der Waals surface area contributed by atoms with Gasteiger partial charge in [-0.3, -0.25) is 9.78 Å². The van der Waals surface area contributed by atoms with Crippen LogP contribution in [0, 0.1) is 5.82 Å². The van der Waals surface area contributed by atoms with Gasteiger partial charge in [0.25, 0.3) is 5.91 Å². The first kappa shape index (κ1) is 20.7. The van der Waals surface area contributed by atoms with Crippen molar-refractivity contribution in [2.75, 3.05) is 13.1 Å². The number of piperidine rings is 1. The molecule has 1 aliphatic rings. The Morgan fingerprint density at radius 2 is 2.06 bits per heavy atom. The molecular formula is C21H20FN9O2. The third-order valence-corrected chi connectivity index (χ3v) is 5.42. The van der Waals surface area contributed by atoms with Crippen LogP contribution in [-0.2, 0) is 6.61 Å². The summed E-state index contributed by atoms with van der Waals surface area (Å²) in [7, 11) is 0. The van der Waals surface area contributed by atoms with E-state index in [-0.39, 0.29) is 24.3 Å². The summed E-state index contributed by atoms with van der Waals surface area (Å²) in [5.41, 5.74) is 1.53. The van der Waals surface area contributed by atoms with Gasteiger partial charge in [0.05, 0.1) is 17.9 Å². The summed E-state index contributed by atoms with van der Waals surface area (Å²) >= 11 is 0. The Hall–Kier alpha value is -4.22. The Labute approximate surface area is 187 Å². The summed E-state index contributed by atoms with van der Waals surface area (Å²) in [6.07, 6.45) is 6.08. The van der Waals surface area contributed by atoms with Crippen LogP contribution in [0.5, 0.6) is 5.75 Å². The van der Waals surface area contributed by atoms with Crippen LogP contribution in [0.3, 0.4) is 0 Å². The van der Waals surface area contributed by atoms with E-state index < -0.39 is 5.82 Å². The summed E-state index contributed by atoms with van der Waals surface area (Å²) in [5.74, 6) is -0.493. The molecular weight excluding hydrogens is 429 g/mol. The van der Waals surface area contributed by atoms with E-state index >= 15 is 0 Å². The van der Waals surface area contributed by atoms with E-state index in [9.17, 15) is 9.18 Å². The average Bonchev–Trinajstić information content (AvgIpc) is 3.56. The van der Waals surface area contributed by atoms with Gasteiger partial charge in [0.1, 0.15) is 24.3 Å². The minimum Gasteiger partial charge on any atom is -0.484 e. The average molecular weight is 449 g/mol. The molecule has 168 valence electrons. The molecule has 0 unspecified atom stereocenters. The molecule has 1 aliphatic heterocycles. The lowest BCUT2D eigenvalue weighted by atomic mass is 10.1. The van der Waals surface area contributed by atoms with Crippen LogP contribution in [0.4, 0.5) is 4.39 Å². The van der Waals surface area contributed by atoms with Crippen molar-refractivity contribution >= 4 is 5.91 Å². The summed E-state index contributed by atoms with van der Waals surface area (Å²) in [4.78, 5) is 20.1. The van der Waals surface area contributed by atoms with Crippen LogP contribution < -0.4 is 4.74 Å². The number of hydrogen-bond donors (Lipinski definition) is 0. The van der Waals surface area contributed by atoms with Crippen molar-refractivity contribution < 1.29 is 13.9 Å². The lowest BCUT2D eigenvalue weighted by Crippen LogP contribution is -2.39. The van der Waals surface area contributed by atoms with Crippen molar-refractivity contribution in [2.45, 2.75) is 25.5 Å². The van der Waals surface area contributed by atoms with E-state index in [1.807, 2.05) is 0 Å². The number of aromatic nitrogens is 8. The number of tetrazole rings is 1. The van der Waals surface area contributed by atoms with Gasteiger partial charge >= 0.3 is 0 Å². The second kappa shape index (κ2) is 9.10. The number of likely N-dealkylation sites (tertiary alicyclic amines) is 1. The summed E-state index contributed by atoms with van der Waals surface area (Å²) in [5, 5.41) is 19.6. The predicted octanol–water partition coefficient (Wildman–Crippen LogP) is 1.84. The predicted molar refractivity (Wildman–Crippen MR) is 112 cm³/mol. The number of halogens is 1. The lowest BCUT2D eigenvalue weighted by molar-refractivity contribution is 0.0677. The molecule has 0 saturated carbocycles. The van der Waals surface area contributed by atoms with Crippen LogP contribution >= 0.6 is 0 Å². The first-order valence-corrected chi connectivity index (χ1v) is 10.4. The maximum absolute atomic E-state index is 14.4. The molecule has 0 N–H and O–H groups in total. The molecule has 1 amide bonds. The standard InChI is InChI=1S/C21H20FN9O2/c22-18-11-17(30-14-24-27-28-30)4-5-20(18)33-13-15-12-25-31(26-15)16-6-9-29(10-7-16)21(32)19-3-1-2-8-23-19/h1-5,8,11-12,14,16H,6-7,9-10,13H2.